The van der Waals surface area contributed by atoms with Crippen molar-refractivity contribution in [2.75, 3.05) is 24.3 Å². The molecule has 8 nitrogen and oxygen atoms in total. The maximum atomic E-state index is 12.6. The van der Waals surface area contributed by atoms with Crippen LogP contribution >= 0.6 is 0 Å². The van der Waals surface area contributed by atoms with Gasteiger partial charge >= 0.3 is 0 Å². The average Bonchev–Trinajstić information content (AvgIpc) is 3.43. The van der Waals surface area contributed by atoms with Gasteiger partial charge < -0.3 is 20.7 Å². The molecule has 1 amide bonds. The predicted molar refractivity (Wildman–Crippen MR) is 107 cm³/mol. The van der Waals surface area contributed by atoms with E-state index in [1.807, 2.05) is 31.3 Å². The third kappa shape index (κ3) is 3.00. The summed E-state index contributed by atoms with van der Waals surface area (Å²) in [5.41, 5.74) is 3.13. The number of hydrogen-bond donors (Lipinski definition) is 3. The number of ether oxygens (including phenoxy) is 1. The van der Waals surface area contributed by atoms with Crippen molar-refractivity contribution in [2.45, 2.75) is 31.7 Å². The first kappa shape index (κ1) is 16.9. The van der Waals surface area contributed by atoms with Gasteiger partial charge in [-0.25, -0.2) is 4.98 Å². The number of hydrogen-bond acceptors (Lipinski definition) is 6. The second kappa shape index (κ2) is 6.70. The van der Waals surface area contributed by atoms with Crippen molar-refractivity contribution in [3.63, 3.8) is 0 Å². The molecule has 8 heteroatoms. The first-order chi connectivity index (χ1) is 13.7. The van der Waals surface area contributed by atoms with Crippen LogP contribution in [-0.2, 0) is 6.42 Å². The number of rotatable bonds is 5. The zero-order chi connectivity index (χ0) is 19.1. The molecule has 1 fully saturated rings. The molecule has 0 radical (unpaired) electrons. The number of carbonyl (C=O) groups is 1. The lowest BCUT2D eigenvalue weighted by Crippen LogP contribution is -2.25. The van der Waals surface area contributed by atoms with E-state index in [0.29, 0.717) is 17.0 Å². The molecule has 0 saturated heterocycles. The summed E-state index contributed by atoms with van der Waals surface area (Å²) >= 11 is 0. The molecule has 1 aliphatic heterocycles. The molecule has 3 aromatic rings. The highest BCUT2D eigenvalue weighted by atomic mass is 16.5. The minimum Gasteiger partial charge on any atom is -0.493 e. The summed E-state index contributed by atoms with van der Waals surface area (Å²) in [4.78, 5) is 17.3. The van der Waals surface area contributed by atoms with Crippen LogP contribution in [0.2, 0.25) is 0 Å². The quantitative estimate of drug-likeness (QED) is 0.632. The van der Waals surface area contributed by atoms with E-state index in [0.717, 1.165) is 55.1 Å². The van der Waals surface area contributed by atoms with Crippen LogP contribution < -0.4 is 20.7 Å². The molecule has 0 unspecified atom stereocenters. The Hall–Kier alpha value is -3.29. The molecule has 1 saturated carbocycles. The molecule has 3 N–H and O–H groups in total. The van der Waals surface area contributed by atoms with Crippen LogP contribution in [0.5, 0.6) is 5.75 Å². The Morgan fingerprint density at radius 2 is 2.21 bits per heavy atom. The highest BCUT2D eigenvalue weighted by Gasteiger charge is 2.26. The van der Waals surface area contributed by atoms with Gasteiger partial charge in [0.2, 0.25) is 0 Å². The molecule has 2 aliphatic rings. The zero-order valence-corrected chi connectivity index (χ0v) is 15.7. The van der Waals surface area contributed by atoms with Gasteiger partial charge in [0.25, 0.3) is 5.91 Å². The van der Waals surface area contributed by atoms with Gasteiger partial charge in [0, 0.05) is 30.4 Å². The Morgan fingerprint density at radius 3 is 3.04 bits per heavy atom. The molecule has 2 aromatic heterocycles. The number of benzene rings is 1. The van der Waals surface area contributed by atoms with Crippen LogP contribution in [0.25, 0.3) is 5.65 Å². The Bertz CT molecular complexity index is 1060. The molecule has 0 bridgehead atoms. The normalized spacial score (nSPS) is 15.6. The summed E-state index contributed by atoms with van der Waals surface area (Å²) in [6, 6.07) is 8.15. The Balaban J connectivity index is 1.53. The van der Waals surface area contributed by atoms with Crippen LogP contribution in [-0.4, -0.2) is 40.2 Å². The molecule has 0 atom stereocenters. The zero-order valence-electron chi connectivity index (χ0n) is 15.7. The number of carbonyl (C=O) groups excluding carboxylic acids is 1. The Morgan fingerprint density at radius 1 is 1.32 bits per heavy atom. The summed E-state index contributed by atoms with van der Waals surface area (Å²) in [5.74, 6) is 2.19. The Kier molecular flexibility index (Phi) is 4.03. The van der Waals surface area contributed by atoms with Crippen LogP contribution in [0.3, 0.4) is 0 Å². The molecule has 144 valence electrons. The first-order valence-corrected chi connectivity index (χ1v) is 9.62. The van der Waals surface area contributed by atoms with Gasteiger partial charge in [-0.05, 0) is 37.8 Å². The van der Waals surface area contributed by atoms with Crippen molar-refractivity contribution in [1.29, 1.82) is 0 Å². The maximum absolute atomic E-state index is 12.6. The van der Waals surface area contributed by atoms with Gasteiger partial charge in [0.15, 0.2) is 5.65 Å². The van der Waals surface area contributed by atoms with Crippen molar-refractivity contribution in [3.8, 4) is 5.75 Å². The van der Waals surface area contributed by atoms with Gasteiger partial charge in [0.05, 0.1) is 12.8 Å². The molecule has 1 aliphatic carbocycles. The van der Waals surface area contributed by atoms with E-state index in [1.165, 1.54) is 0 Å². The topological polar surface area (TPSA) is 92.6 Å². The van der Waals surface area contributed by atoms with Crippen molar-refractivity contribution in [2.24, 2.45) is 0 Å². The minimum atomic E-state index is -0.130. The van der Waals surface area contributed by atoms with Crippen molar-refractivity contribution in [1.82, 2.24) is 19.9 Å². The monoisotopic (exact) mass is 378 g/mol. The van der Waals surface area contributed by atoms with Crippen molar-refractivity contribution < 1.29 is 9.53 Å². The van der Waals surface area contributed by atoms with Crippen molar-refractivity contribution in [3.05, 3.63) is 41.6 Å². The minimum absolute atomic E-state index is 0.130. The number of fused-ring (bicyclic) bond motifs is 2. The molecule has 1 aromatic carbocycles. The highest BCUT2D eigenvalue weighted by molar-refractivity contribution is 6.00. The lowest BCUT2D eigenvalue weighted by molar-refractivity contribution is 0.0952. The number of nitrogens with zero attached hydrogens (tertiary/aromatic N) is 3. The summed E-state index contributed by atoms with van der Waals surface area (Å²) in [7, 11) is 1.82. The summed E-state index contributed by atoms with van der Waals surface area (Å²) in [6.07, 6.45) is 5.60. The maximum Gasteiger partial charge on any atom is 0.256 e. The average molecular weight is 378 g/mol. The second-order valence-electron chi connectivity index (χ2n) is 7.18. The van der Waals surface area contributed by atoms with Gasteiger partial charge in [-0.2, -0.15) is 9.61 Å². The van der Waals surface area contributed by atoms with E-state index in [4.69, 9.17) is 4.74 Å². The van der Waals surface area contributed by atoms with Gasteiger partial charge in [-0.15, -0.1) is 0 Å². The van der Waals surface area contributed by atoms with E-state index < -0.39 is 0 Å². The third-order valence-electron chi connectivity index (χ3n) is 5.11. The highest BCUT2D eigenvalue weighted by Crippen LogP contribution is 2.33. The number of aromatic nitrogens is 3. The molecule has 28 heavy (non-hydrogen) atoms. The smallest absolute Gasteiger partial charge is 0.256 e. The number of amides is 1. The fraction of sp³-hybridized carbons (Fsp3) is 0.350. The number of anilines is 3. The molecule has 3 heterocycles. The van der Waals surface area contributed by atoms with Crippen LogP contribution in [0.1, 0.15) is 35.2 Å². The summed E-state index contributed by atoms with van der Waals surface area (Å²) in [5, 5.41) is 13.9. The molecule has 5 rings (SSSR count). The van der Waals surface area contributed by atoms with Gasteiger partial charge in [-0.1, -0.05) is 6.07 Å². The first-order valence-electron chi connectivity index (χ1n) is 9.62. The van der Waals surface area contributed by atoms with E-state index in [2.05, 4.69) is 26.0 Å². The standard InChI is InChI=1S/C20H22N6O2/c1-21-18-10-17(24-15-5-2-6-16-13(15)4-3-9-28-16)25-19-14(11-22-26(18)19)20(27)23-12-7-8-12/h2,5-6,10-12,21H,3-4,7-9H2,1H3,(H,23,27)(H,24,25). The largest absolute Gasteiger partial charge is 0.493 e. The predicted octanol–water partition coefficient (Wildman–Crippen LogP) is 2.73. The lowest BCUT2D eigenvalue weighted by atomic mass is 10.0. The van der Waals surface area contributed by atoms with Crippen molar-refractivity contribution >= 4 is 28.9 Å². The molecular weight excluding hydrogens is 356 g/mol. The summed E-state index contributed by atoms with van der Waals surface area (Å²) in [6.45, 7) is 0.750. The summed E-state index contributed by atoms with van der Waals surface area (Å²) < 4.78 is 7.41. The number of nitrogens with one attached hydrogen (secondary N) is 3. The van der Waals surface area contributed by atoms with Crippen LogP contribution in [0.4, 0.5) is 17.3 Å². The van der Waals surface area contributed by atoms with E-state index in [9.17, 15) is 4.79 Å². The third-order valence-corrected chi connectivity index (χ3v) is 5.11. The SMILES string of the molecule is CNc1cc(Nc2cccc3c2CCCO3)nc2c(C(=O)NC3CC3)cnn12. The fourth-order valence-corrected chi connectivity index (χ4v) is 3.50. The van der Waals surface area contributed by atoms with Crippen LogP contribution in [0.15, 0.2) is 30.5 Å². The second-order valence-corrected chi connectivity index (χ2v) is 7.18. The van der Waals surface area contributed by atoms with Gasteiger partial charge in [-0.3, -0.25) is 4.79 Å². The van der Waals surface area contributed by atoms with E-state index >= 15 is 0 Å². The Labute approximate surface area is 162 Å². The molecular formula is C20H22N6O2. The lowest BCUT2D eigenvalue weighted by Gasteiger charge is -2.20. The van der Waals surface area contributed by atoms with E-state index in [1.54, 1.807) is 10.7 Å². The van der Waals surface area contributed by atoms with Gasteiger partial charge in [0.1, 0.15) is 22.9 Å². The van der Waals surface area contributed by atoms with E-state index in [-0.39, 0.29) is 11.9 Å². The molecule has 0 spiro atoms. The fourth-order valence-electron chi connectivity index (χ4n) is 3.50. The van der Waals surface area contributed by atoms with Crippen LogP contribution in [0, 0.1) is 0 Å².